The molecule has 1 aromatic carbocycles. The maximum Gasteiger partial charge on any atom is 0.320 e. The molecule has 0 aliphatic carbocycles. The van der Waals surface area contributed by atoms with Crippen LogP contribution in [0.3, 0.4) is 0 Å². The lowest BCUT2D eigenvalue weighted by atomic mass is 9.99. The summed E-state index contributed by atoms with van der Waals surface area (Å²) in [6.45, 7) is 3.74. The average molecular weight is 276 g/mol. The number of carbonyl (C=O) groups is 1. The van der Waals surface area contributed by atoms with Crippen molar-refractivity contribution < 1.29 is 9.90 Å². The van der Waals surface area contributed by atoms with Gasteiger partial charge in [0.1, 0.15) is 6.04 Å². The molecule has 1 unspecified atom stereocenters. The molecule has 4 heteroatoms. The molecule has 110 valence electrons. The van der Waals surface area contributed by atoms with Crippen LogP contribution in [0.4, 0.5) is 5.69 Å². The molecule has 2 N–H and O–H groups in total. The molecule has 0 saturated carbocycles. The molecule has 0 radical (unpaired) electrons. The van der Waals surface area contributed by atoms with E-state index in [0.29, 0.717) is 13.0 Å². The monoisotopic (exact) mass is 276 g/mol. The number of carboxylic acid groups (broad SMARTS) is 1. The summed E-state index contributed by atoms with van der Waals surface area (Å²) in [5.74, 6) is -0.760. The van der Waals surface area contributed by atoms with Crippen LogP contribution in [0, 0.1) is 0 Å². The summed E-state index contributed by atoms with van der Waals surface area (Å²) in [6, 6.07) is 6.02. The summed E-state index contributed by atoms with van der Waals surface area (Å²) in [5.41, 5.74) is 3.85. The van der Waals surface area contributed by atoms with Crippen molar-refractivity contribution in [1.29, 1.82) is 0 Å². The van der Waals surface area contributed by atoms with Gasteiger partial charge in [-0.25, -0.2) is 0 Å². The SMILES string of the molecule is CCCC(NCc1ccc2c(c1)CCCN2C)C(=O)O. The standard InChI is InChI=1S/C16H24N2O2/c1-3-5-14(16(19)20)17-11-12-7-8-15-13(10-12)6-4-9-18(15)2/h7-8,10,14,17H,3-6,9,11H2,1-2H3,(H,19,20). The van der Waals surface area contributed by atoms with Gasteiger partial charge >= 0.3 is 5.97 Å². The van der Waals surface area contributed by atoms with Gasteiger partial charge in [0.25, 0.3) is 0 Å². The second kappa shape index (κ2) is 6.75. The van der Waals surface area contributed by atoms with Gasteiger partial charge in [0.2, 0.25) is 0 Å². The molecule has 1 heterocycles. The lowest BCUT2D eigenvalue weighted by Crippen LogP contribution is -2.36. The van der Waals surface area contributed by atoms with Crippen molar-refractivity contribution in [1.82, 2.24) is 5.32 Å². The molecular weight excluding hydrogens is 252 g/mol. The molecule has 0 amide bonds. The Hall–Kier alpha value is -1.55. The topological polar surface area (TPSA) is 52.6 Å². The van der Waals surface area contributed by atoms with Crippen LogP contribution in [0.2, 0.25) is 0 Å². The van der Waals surface area contributed by atoms with Gasteiger partial charge in [-0.15, -0.1) is 0 Å². The van der Waals surface area contributed by atoms with Crippen LogP contribution in [0.1, 0.15) is 37.3 Å². The molecule has 0 spiro atoms. The molecule has 0 saturated heterocycles. The molecule has 0 aromatic heterocycles. The first-order chi connectivity index (χ1) is 9.61. The molecular formula is C16H24N2O2. The molecule has 1 aliphatic rings. The minimum Gasteiger partial charge on any atom is -0.480 e. The largest absolute Gasteiger partial charge is 0.480 e. The van der Waals surface area contributed by atoms with E-state index in [0.717, 1.165) is 19.4 Å². The Morgan fingerprint density at radius 1 is 1.50 bits per heavy atom. The molecule has 1 aliphatic heterocycles. The highest BCUT2D eigenvalue weighted by molar-refractivity contribution is 5.73. The van der Waals surface area contributed by atoms with Crippen LogP contribution in [0.25, 0.3) is 0 Å². The number of nitrogens with zero attached hydrogens (tertiary/aromatic N) is 1. The first kappa shape index (κ1) is 14.9. The second-order valence-corrected chi connectivity index (χ2v) is 5.55. The van der Waals surface area contributed by atoms with Gasteiger partial charge in [0, 0.05) is 25.8 Å². The zero-order chi connectivity index (χ0) is 14.5. The van der Waals surface area contributed by atoms with E-state index in [1.807, 2.05) is 6.92 Å². The molecule has 0 bridgehead atoms. The third kappa shape index (κ3) is 3.51. The third-order valence-corrected chi connectivity index (χ3v) is 3.92. The Morgan fingerprint density at radius 2 is 2.30 bits per heavy atom. The Bertz CT molecular complexity index is 474. The van der Waals surface area contributed by atoms with Gasteiger partial charge in [0.05, 0.1) is 0 Å². The number of aryl methyl sites for hydroxylation is 1. The van der Waals surface area contributed by atoms with E-state index in [1.54, 1.807) is 0 Å². The number of anilines is 1. The van der Waals surface area contributed by atoms with Crippen LogP contribution in [-0.2, 0) is 17.8 Å². The van der Waals surface area contributed by atoms with E-state index in [4.69, 9.17) is 5.11 Å². The zero-order valence-electron chi connectivity index (χ0n) is 12.4. The number of hydrogen-bond acceptors (Lipinski definition) is 3. The third-order valence-electron chi connectivity index (χ3n) is 3.92. The molecule has 20 heavy (non-hydrogen) atoms. The van der Waals surface area contributed by atoms with E-state index in [-0.39, 0.29) is 0 Å². The fourth-order valence-electron chi connectivity index (χ4n) is 2.79. The summed E-state index contributed by atoms with van der Waals surface area (Å²) in [7, 11) is 2.12. The highest BCUT2D eigenvalue weighted by atomic mass is 16.4. The summed E-state index contributed by atoms with van der Waals surface area (Å²) in [4.78, 5) is 13.4. The van der Waals surface area contributed by atoms with Gasteiger partial charge in [-0.2, -0.15) is 0 Å². The Morgan fingerprint density at radius 3 is 3.00 bits per heavy atom. The van der Waals surface area contributed by atoms with Gasteiger partial charge in [-0.3, -0.25) is 4.79 Å². The lowest BCUT2D eigenvalue weighted by molar-refractivity contribution is -0.139. The minimum atomic E-state index is -0.760. The van der Waals surface area contributed by atoms with Gasteiger partial charge in [-0.1, -0.05) is 25.5 Å². The van der Waals surface area contributed by atoms with Crippen molar-refractivity contribution in [2.45, 2.75) is 45.2 Å². The molecule has 1 atom stereocenters. The van der Waals surface area contributed by atoms with Crippen LogP contribution in [-0.4, -0.2) is 30.7 Å². The molecule has 2 rings (SSSR count). The summed E-state index contributed by atoms with van der Waals surface area (Å²) >= 11 is 0. The number of rotatable bonds is 6. The number of benzene rings is 1. The predicted octanol–water partition coefficient (Wildman–Crippen LogP) is 2.41. The fourth-order valence-corrected chi connectivity index (χ4v) is 2.79. The predicted molar refractivity (Wildman–Crippen MR) is 81.2 cm³/mol. The summed E-state index contributed by atoms with van der Waals surface area (Å²) < 4.78 is 0. The highest BCUT2D eigenvalue weighted by Gasteiger charge is 2.17. The molecule has 0 fully saturated rings. The number of carboxylic acids is 1. The van der Waals surface area contributed by atoms with Gasteiger partial charge < -0.3 is 15.3 Å². The van der Waals surface area contributed by atoms with Crippen molar-refractivity contribution in [3.05, 3.63) is 29.3 Å². The van der Waals surface area contributed by atoms with E-state index >= 15 is 0 Å². The van der Waals surface area contributed by atoms with Crippen LogP contribution >= 0.6 is 0 Å². The van der Waals surface area contributed by atoms with Gasteiger partial charge in [-0.05, 0) is 36.5 Å². The van der Waals surface area contributed by atoms with E-state index < -0.39 is 12.0 Å². The van der Waals surface area contributed by atoms with Crippen molar-refractivity contribution in [2.75, 3.05) is 18.5 Å². The van der Waals surface area contributed by atoms with Gasteiger partial charge in [0.15, 0.2) is 0 Å². The van der Waals surface area contributed by atoms with Crippen molar-refractivity contribution in [3.8, 4) is 0 Å². The van der Waals surface area contributed by atoms with Crippen LogP contribution in [0.5, 0.6) is 0 Å². The Kier molecular flexibility index (Phi) is 5.01. The maximum atomic E-state index is 11.1. The zero-order valence-corrected chi connectivity index (χ0v) is 12.4. The Balaban J connectivity index is 2.01. The first-order valence-corrected chi connectivity index (χ1v) is 7.41. The van der Waals surface area contributed by atoms with Crippen molar-refractivity contribution >= 4 is 11.7 Å². The Labute approximate surface area is 120 Å². The summed E-state index contributed by atoms with van der Waals surface area (Å²) in [5, 5.41) is 12.3. The quantitative estimate of drug-likeness (QED) is 0.838. The summed E-state index contributed by atoms with van der Waals surface area (Å²) in [6.07, 6.45) is 3.85. The van der Waals surface area contributed by atoms with Crippen LogP contribution in [0.15, 0.2) is 18.2 Å². The molecule has 4 nitrogen and oxygen atoms in total. The lowest BCUT2D eigenvalue weighted by Gasteiger charge is -2.28. The number of nitrogens with one attached hydrogen (secondary N) is 1. The number of hydrogen-bond donors (Lipinski definition) is 2. The minimum absolute atomic E-state index is 0.446. The van der Waals surface area contributed by atoms with E-state index in [2.05, 4.69) is 35.5 Å². The van der Waals surface area contributed by atoms with Crippen LogP contribution < -0.4 is 10.2 Å². The smallest absolute Gasteiger partial charge is 0.320 e. The van der Waals surface area contributed by atoms with E-state index in [1.165, 1.54) is 23.2 Å². The second-order valence-electron chi connectivity index (χ2n) is 5.55. The van der Waals surface area contributed by atoms with E-state index in [9.17, 15) is 4.79 Å². The number of fused-ring (bicyclic) bond motifs is 1. The number of aliphatic carboxylic acids is 1. The molecule has 1 aromatic rings. The maximum absolute atomic E-state index is 11.1. The average Bonchev–Trinajstić information content (AvgIpc) is 2.43. The normalized spacial score (nSPS) is 15.8. The van der Waals surface area contributed by atoms with Crippen molar-refractivity contribution in [3.63, 3.8) is 0 Å². The first-order valence-electron chi connectivity index (χ1n) is 7.41. The fraction of sp³-hybridized carbons (Fsp3) is 0.562. The van der Waals surface area contributed by atoms with Crippen molar-refractivity contribution in [2.24, 2.45) is 0 Å². The highest BCUT2D eigenvalue weighted by Crippen LogP contribution is 2.26.